The van der Waals surface area contributed by atoms with E-state index in [-0.39, 0.29) is 11.3 Å². The van der Waals surface area contributed by atoms with Crippen LogP contribution in [0.2, 0.25) is 0 Å². The van der Waals surface area contributed by atoms with Crippen molar-refractivity contribution in [1.29, 1.82) is 0 Å². The summed E-state index contributed by atoms with van der Waals surface area (Å²) in [7, 11) is -2.57. The van der Waals surface area contributed by atoms with Crippen LogP contribution in [0.1, 0.15) is 33.6 Å². The molecule has 1 saturated heterocycles. The van der Waals surface area contributed by atoms with E-state index in [0.717, 1.165) is 4.90 Å². The summed E-state index contributed by atoms with van der Waals surface area (Å²) in [6.07, 6.45) is 0.262. The number of amides is 2. The van der Waals surface area contributed by atoms with Crippen molar-refractivity contribution in [1.82, 2.24) is 4.31 Å². The first kappa shape index (κ1) is 22.0. The molecule has 1 heterocycles. The zero-order valence-electron chi connectivity index (χ0n) is 17.5. The summed E-state index contributed by atoms with van der Waals surface area (Å²) in [6.45, 7) is 5.38. The molecule has 0 N–H and O–H groups in total. The molecule has 7 nitrogen and oxygen atoms in total. The molecule has 0 radical (unpaired) electrons. The molecule has 30 heavy (non-hydrogen) atoms. The second-order valence-electron chi connectivity index (χ2n) is 7.77. The van der Waals surface area contributed by atoms with Gasteiger partial charge < -0.3 is 4.74 Å². The molecule has 8 heteroatoms. The Morgan fingerprint density at radius 1 is 1.07 bits per heavy atom. The van der Waals surface area contributed by atoms with Crippen LogP contribution in [0.4, 0.5) is 5.69 Å². The predicted molar refractivity (Wildman–Crippen MR) is 114 cm³/mol. The molecule has 0 aromatic heterocycles. The van der Waals surface area contributed by atoms with Crippen LogP contribution in [0.15, 0.2) is 59.5 Å². The molecule has 1 aliphatic heterocycles. The Bertz CT molecular complexity index is 1030. The molecule has 1 unspecified atom stereocenters. The minimum Gasteiger partial charge on any atom is -0.497 e. The van der Waals surface area contributed by atoms with Crippen LogP contribution in [0.5, 0.6) is 5.75 Å². The van der Waals surface area contributed by atoms with Crippen molar-refractivity contribution in [3.63, 3.8) is 0 Å². The quantitative estimate of drug-likeness (QED) is 0.630. The van der Waals surface area contributed by atoms with Gasteiger partial charge in [0.25, 0.3) is 5.91 Å². The van der Waals surface area contributed by atoms with Gasteiger partial charge >= 0.3 is 0 Å². The molecule has 1 aliphatic rings. The lowest BCUT2D eigenvalue weighted by atomic mass is 10.00. The smallest absolute Gasteiger partial charge is 0.252 e. The van der Waals surface area contributed by atoms with Crippen molar-refractivity contribution in [2.24, 2.45) is 0 Å². The van der Waals surface area contributed by atoms with Gasteiger partial charge in [0, 0.05) is 5.54 Å². The molecule has 2 amide bonds. The van der Waals surface area contributed by atoms with Gasteiger partial charge in [0.1, 0.15) is 11.8 Å². The van der Waals surface area contributed by atoms with Gasteiger partial charge in [0.2, 0.25) is 15.9 Å². The second kappa shape index (κ2) is 8.20. The highest BCUT2D eigenvalue weighted by Gasteiger charge is 2.51. The fraction of sp³-hybridized carbons (Fsp3) is 0.364. The van der Waals surface area contributed by atoms with E-state index in [1.165, 1.54) is 23.5 Å². The van der Waals surface area contributed by atoms with E-state index < -0.39 is 33.4 Å². The second-order valence-corrected chi connectivity index (χ2v) is 9.58. The van der Waals surface area contributed by atoms with Crippen molar-refractivity contribution in [2.75, 3.05) is 12.0 Å². The minimum absolute atomic E-state index is 0.0447. The standard InChI is InChI=1S/C22H26N2O5S/c1-5-22(2,3)24(30(27,28)18-13-11-17(29-4)12-14-18)19-15-20(25)23(21(19)26)16-9-7-6-8-10-16/h6-14,19H,5,15H2,1-4H3. The molecular weight excluding hydrogens is 404 g/mol. The maximum atomic E-state index is 13.6. The Hall–Kier alpha value is -2.71. The number of nitrogens with zero attached hydrogens (tertiary/aromatic N) is 2. The Kier molecular flexibility index (Phi) is 6.01. The predicted octanol–water partition coefficient (Wildman–Crippen LogP) is 3.21. The number of sulfonamides is 1. The number of hydrogen-bond donors (Lipinski definition) is 0. The molecule has 0 saturated carbocycles. The Morgan fingerprint density at radius 3 is 2.20 bits per heavy atom. The lowest BCUT2D eigenvalue weighted by Crippen LogP contribution is -2.55. The average molecular weight is 431 g/mol. The molecular formula is C22H26N2O5S. The monoisotopic (exact) mass is 430 g/mol. The first-order valence-electron chi connectivity index (χ1n) is 9.74. The SMILES string of the molecule is CCC(C)(C)N(C1CC(=O)N(c2ccccc2)C1=O)S(=O)(=O)c1ccc(OC)cc1. The number of benzene rings is 2. The van der Waals surface area contributed by atoms with Crippen molar-refractivity contribution >= 4 is 27.5 Å². The molecule has 1 fully saturated rings. The molecule has 2 aromatic rings. The number of imide groups is 1. The third-order valence-electron chi connectivity index (χ3n) is 5.50. The van der Waals surface area contributed by atoms with Gasteiger partial charge in [-0.3, -0.25) is 9.59 Å². The summed E-state index contributed by atoms with van der Waals surface area (Å²) in [5.41, 5.74) is -0.447. The zero-order valence-corrected chi connectivity index (χ0v) is 18.3. The molecule has 0 spiro atoms. The Balaban J connectivity index is 2.06. The Morgan fingerprint density at radius 2 is 1.67 bits per heavy atom. The van der Waals surface area contributed by atoms with Crippen LogP contribution in [0, 0.1) is 0 Å². The molecule has 160 valence electrons. The van der Waals surface area contributed by atoms with Crippen LogP contribution >= 0.6 is 0 Å². The fourth-order valence-electron chi connectivity index (χ4n) is 3.58. The van der Waals surface area contributed by atoms with E-state index in [9.17, 15) is 18.0 Å². The largest absolute Gasteiger partial charge is 0.497 e. The van der Waals surface area contributed by atoms with Gasteiger partial charge in [-0.1, -0.05) is 25.1 Å². The van der Waals surface area contributed by atoms with Crippen LogP contribution in [0.3, 0.4) is 0 Å². The summed E-state index contributed by atoms with van der Waals surface area (Å²) in [5.74, 6) is -0.430. The first-order valence-corrected chi connectivity index (χ1v) is 11.2. The Labute approximate surface area is 177 Å². The van der Waals surface area contributed by atoms with E-state index in [2.05, 4.69) is 0 Å². The molecule has 0 bridgehead atoms. The van der Waals surface area contributed by atoms with Gasteiger partial charge in [0.15, 0.2) is 0 Å². The minimum atomic E-state index is -4.06. The van der Waals surface area contributed by atoms with E-state index >= 15 is 0 Å². The fourth-order valence-corrected chi connectivity index (χ4v) is 5.57. The van der Waals surface area contributed by atoms with E-state index in [1.54, 1.807) is 56.3 Å². The number of ether oxygens (including phenoxy) is 1. The van der Waals surface area contributed by atoms with Crippen molar-refractivity contribution < 1.29 is 22.7 Å². The van der Waals surface area contributed by atoms with Crippen LogP contribution in [-0.2, 0) is 19.6 Å². The number of methoxy groups -OCH3 is 1. The summed E-state index contributed by atoms with van der Waals surface area (Å²) in [6, 6.07) is 13.5. The third kappa shape index (κ3) is 3.85. The average Bonchev–Trinajstić information content (AvgIpc) is 3.01. The van der Waals surface area contributed by atoms with Crippen molar-refractivity contribution in [3.8, 4) is 5.75 Å². The highest BCUT2D eigenvalue weighted by molar-refractivity contribution is 7.89. The maximum Gasteiger partial charge on any atom is 0.252 e. The van der Waals surface area contributed by atoms with Crippen LogP contribution in [-0.4, -0.2) is 43.2 Å². The van der Waals surface area contributed by atoms with E-state index in [1.807, 2.05) is 6.92 Å². The molecule has 0 aliphatic carbocycles. The van der Waals surface area contributed by atoms with Gasteiger partial charge in [-0.05, 0) is 56.7 Å². The summed E-state index contributed by atoms with van der Waals surface area (Å²) in [4.78, 5) is 27.1. The summed E-state index contributed by atoms with van der Waals surface area (Å²) < 4.78 is 33.6. The lowest BCUT2D eigenvalue weighted by Gasteiger charge is -2.39. The summed E-state index contributed by atoms with van der Waals surface area (Å²) in [5, 5.41) is 0. The summed E-state index contributed by atoms with van der Waals surface area (Å²) >= 11 is 0. The van der Waals surface area contributed by atoms with E-state index in [0.29, 0.717) is 17.9 Å². The van der Waals surface area contributed by atoms with Crippen molar-refractivity contribution in [3.05, 3.63) is 54.6 Å². The number of carbonyl (C=O) groups excluding carboxylic acids is 2. The number of anilines is 1. The van der Waals surface area contributed by atoms with E-state index in [4.69, 9.17) is 4.74 Å². The highest BCUT2D eigenvalue weighted by atomic mass is 32.2. The lowest BCUT2D eigenvalue weighted by molar-refractivity contribution is -0.122. The van der Waals surface area contributed by atoms with Gasteiger partial charge in [-0.25, -0.2) is 13.3 Å². The van der Waals surface area contributed by atoms with Crippen LogP contribution < -0.4 is 9.64 Å². The molecule has 3 rings (SSSR count). The zero-order chi connectivity index (χ0) is 22.1. The highest BCUT2D eigenvalue weighted by Crippen LogP contribution is 2.35. The van der Waals surface area contributed by atoms with Gasteiger partial charge in [0.05, 0.1) is 24.1 Å². The third-order valence-corrected chi connectivity index (χ3v) is 7.63. The normalized spacial score (nSPS) is 17.6. The van der Waals surface area contributed by atoms with Gasteiger partial charge in [-0.15, -0.1) is 0 Å². The number of carbonyl (C=O) groups is 2. The van der Waals surface area contributed by atoms with Gasteiger partial charge in [-0.2, -0.15) is 4.31 Å². The topological polar surface area (TPSA) is 84.0 Å². The maximum absolute atomic E-state index is 13.6. The number of rotatable bonds is 7. The number of hydrogen-bond acceptors (Lipinski definition) is 5. The first-order chi connectivity index (χ1) is 14.1. The van der Waals surface area contributed by atoms with Crippen LogP contribution in [0.25, 0.3) is 0 Å². The molecule has 1 atom stereocenters. The molecule has 2 aromatic carbocycles. The number of para-hydroxylation sites is 1. The van der Waals surface area contributed by atoms with Crippen molar-refractivity contribution in [2.45, 2.75) is 50.1 Å².